The van der Waals surface area contributed by atoms with Gasteiger partial charge in [-0.25, -0.2) is 17.5 Å². The van der Waals surface area contributed by atoms with Gasteiger partial charge < -0.3 is 10.6 Å². The van der Waals surface area contributed by atoms with E-state index in [1.807, 2.05) is 6.92 Å². The zero-order valence-corrected chi connectivity index (χ0v) is 18.2. The second-order valence-electron chi connectivity index (χ2n) is 7.36. The molecule has 162 valence electrons. The molecule has 0 saturated heterocycles. The van der Waals surface area contributed by atoms with Crippen LogP contribution in [0.15, 0.2) is 53.7 Å². The maximum Gasteiger partial charge on any atom is 0.245 e. The smallest absolute Gasteiger partial charge is 0.245 e. The number of hydrogen-bond donors (Lipinski definition) is 1. The van der Waals surface area contributed by atoms with E-state index in [9.17, 15) is 17.6 Å². The summed E-state index contributed by atoms with van der Waals surface area (Å²) in [7, 11) is -3.99. The first-order chi connectivity index (χ1) is 14.7. The quantitative estimate of drug-likeness (QED) is 0.642. The average molecular weight is 463 g/mol. The molecule has 0 aliphatic carbocycles. The van der Waals surface area contributed by atoms with Crippen LogP contribution < -0.4 is 10.6 Å². The lowest BCUT2D eigenvalue weighted by molar-refractivity contribution is -0.119. The molecule has 4 rings (SSSR count). The lowest BCUT2D eigenvalue weighted by atomic mass is 10.1. The van der Waals surface area contributed by atoms with E-state index >= 15 is 0 Å². The maximum absolute atomic E-state index is 15.0. The number of fused-ring (bicyclic) bond motifs is 1. The average Bonchev–Trinajstić information content (AvgIpc) is 3.19. The summed E-state index contributed by atoms with van der Waals surface area (Å²) in [5.41, 5.74) is 7.62. The lowest BCUT2D eigenvalue weighted by Gasteiger charge is -2.25. The SMILES string of the molecule is CCc1cnn(-c2cc3c(cc2F)S(=O)(=O)C[C@H](N)C(=O)N3Cc2ccc(Cl)cc2)c1. The van der Waals surface area contributed by atoms with Crippen molar-refractivity contribution in [2.75, 3.05) is 10.7 Å². The minimum absolute atomic E-state index is 0.0398. The molecule has 0 fully saturated rings. The van der Waals surface area contributed by atoms with Crippen LogP contribution in [0.25, 0.3) is 5.69 Å². The van der Waals surface area contributed by atoms with E-state index in [4.69, 9.17) is 17.3 Å². The number of benzene rings is 2. The van der Waals surface area contributed by atoms with Gasteiger partial charge in [0.1, 0.15) is 11.5 Å². The van der Waals surface area contributed by atoms with Crippen LogP contribution in [-0.4, -0.2) is 35.9 Å². The van der Waals surface area contributed by atoms with Gasteiger partial charge in [0.05, 0.1) is 35.1 Å². The highest BCUT2D eigenvalue weighted by atomic mass is 35.5. The summed E-state index contributed by atoms with van der Waals surface area (Å²) in [5.74, 6) is -1.93. The highest BCUT2D eigenvalue weighted by Gasteiger charge is 2.37. The Bertz CT molecular complexity index is 1260. The number of nitrogens with two attached hydrogens (primary N) is 1. The predicted molar refractivity (Wildman–Crippen MR) is 116 cm³/mol. The van der Waals surface area contributed by atoms with E-state index in [2.05, 4.69) is 5.10 Å². The van der Waals surface area contributed by atoms with Crippen molar-refractivity contribution in [3.8, 4) is 5.69 Å². The molecule has 1 aliphatic heterocycles. The van der Waals surface area contributed by atoms with Crippen LogP contribution >= 0.6 is 11.6 Å². The van der Waals surface area contributed by atoms with Crippen LogP contribution in [0.4, 0.5) is 10.1 Å². The van der Waals surface area contributed by atoms with Crippen molar-refractivity contribution in [3.63, 3.8) is 0 Å². The summed E-state index contributed by atoms with van der Waals surface area (Å²) < 4.78 is 42.1. The van der Waals surface area contributed by atoms with Crippen molar-refractivity contribution in [1.29, 1.82) is 0 Å². The number of amides is 1. The van der Waals surface area contributed by atoms with Gasteiger partial charge in [-0.1, -0.05) is 30.7 Å². The first kappa shape index (κ1) is 21.5. The first-order valence-corrected chi connectivity index (χ1v) is 11.6. The largest absolute Gasteiger partial charge is 0.319 e. The number of aromatic nitrogens is 2. The van der Waals surface area contributed by atoms with Gasteiger partial charge >= 0.3 is 0 Å². The molecular formula is C21H20ClFN4O3S. The third-order valence-corrected chi connectivity index (χ3v) is 7.23. The van der Waals surface area contributed by atoms with E-state index < -0.39 is 33.4 Å². The Labute approximate surface area is 184 Å². The molecule has 0 saturated carbocycles. The summed E-state index contributed by atoms with van der Waals surface area (Å²) in [5, 5.41) is 4.69. The first-order valence-electron chi connectivity index (χ1n) is 9.61. The van der Waals surface area contributed by atoms with E-state index in [0.717, 1.165) is 11.6 Å². The normalized spacial score (nSPS) is 18.0. The molecule has 1 atom stereocenters. The topological polar surface area (TPSA) is 98.3 Å². The van der Waals surface area contributed by atoms with Gasteiger partial charge in [0, 0.05) is 11.2 Å². The zero-order chi connectivity index (χ0) is 22.3. The van der Waals surface area contributed by atoms with E-state index in [0.29, 0.717) is 17.0 Å². The Kier molecular flexibility index (Phi) is 5.59. The van der Waals surface area contributed by atoms with Crippen molar-refractivity contribution in [2.24, 2.45) is 5.73 Å². The number of hydrogen-bond acceptors (Lipinski definition) is 5. The monoisotopic (exact) mass is 462 g/mol. The fraction of sp³-hybridized carbons (Fsp3) is 0.238. The predicted octanol–water partition coefficient (Wildman–Crippen LogP) is 2.88. The van der Waals surface area contributed by atoms with E-state index in [1.165, 1.54) is 15.6 Å². The van der Waals surface area contributed by atoms with Crippen LogP contribution in [-0.2, 0) is 27.6 Å². The fourth-order valence-electron chi connectivity index (χ4n) is 3.49. The van der Waals surface area contributed by atoms with Crippen LogP contribution in [0.1, 0.15) is 18.1 Å². The van der Waals surface area contributed by atoms with E-state index in [1.54, 1.807) is 36.7 Å². The van der Waals surface area contributed by atoms with Crippen molar-refractivity contribution in [3.05, 3.63) is 70.8 Å². The molecule has 1 aliphatic rings. The van der Waals surface area contributed by atoms with Crippen LogP contribution in [0.3, 0.4) is 0 Å². The third-order valence-electron chi connectivity index (χ3n) is 5.18. The van der Waals surface area contributed by atoms with Gasteiger partial charge in [-0.15, -0.1) is 0 Å². The Morgan fingerprint density at radius 3 is 2.55 bits per heavy atom. The Hall–Kier alpha value is -2.75. The number of carbonyl (C=O) groups is 1. The maximum atomic E-state index is 15.0. The van der Waals surface area contributed by atoms with Crippen molar-refractivity contribution in [1.82, 2.24) is 9.78 Å². The van der Waals surface area contributed by atoms with Crippen molar-refractivity contribution < 1.29 is 17.6 Å². The molecule has 0 radical (unpaired) electrons. The second kappa shape index (κ2) is 8.07. The lowest BCUT2D eigenvalue weighted by Crippen LogP contribution is -2.45. The molecule has 1 aromatic heterocycles. The van der Waals surface area contributed by atoms with Crippen molar-refractivity contribution in [2.45, 2.75) is 30.8 Å². The minimum Gasteiger partial charge on any atom is -0.319 e. The molecule has 2 heterocycles. The molecule has 0 bridgehead atoms. The highest BCUT2D eigenvalue weighted by Crippen LogP contribution is 2.35. The van der Waals surface area contributed by atoms with Crippen molar-refractivity contribution >= 4 is 33.0 Å². The molecule has 0 unspecified atom stereocenters. The second-order valence-corrected chi connectivity index (χ2v) is 9.80. The summed E-state index contributed by atoms with van der Waals surface area (Å²) >= 11 is 5.94. The van der Waals surface area contributed by atoms with Gasteiger partial charge in [0.15, 0.2) is 9.84 Å². The molecule has 10 heteroatoms. The molecule has 7 nitrogen and oxygen atoms in total. The minimum atomic E-state index is -3.99. The van der Waals surface area contributed by atoms with Gasteiger partial charge in [-0.05, 0) is 41.8 Å². The third kappa shape index (κ3) is 4.08. The van der Waals surface area contributed by atoms with Crippen LogP contribution in [0.5, 0.6) is 0 Å². The number of halogens is 2. The van der Waals surface area contributed by atoms with Gasteiger partial charge in [0.2, 0.25) is 5.91 Å². The molecule has 1 amide bonds. The summed E-state index contributed by atoms with van der Waals surface area (Å²) in [6.07, 6.45) is 3.97. The van der Waals surface area contributed by atoms with Gasteiger partial charge in [0.25, 0.3) is 0 Å². The Morgan fingerprint density at radius 2 is 1.90 bits per heavy atom. The zero-order valence-electron chi connectivity index (χ0n) is 16.6. The van der Waals surface area contributed by atoms with Crippen LogP contribution in [0.2, 0.25) is 5.02 Å². The number of sulfone groups is 1. The van der Waals surface area contributed by atoms with Crippen LogP contribution in [0, 0.1) is 5.82 Å². The van der Waals surface area contributed by atoms with Gasteiger partial charge in [-0.2, -0.15) is 5.10 Å². The number of aryl methyl sites for hydroxylation is 1. The number of nitrogens with zero attached hydrogens (tertiary/aromatic N) is 3. The molecule has 3 aromatic rings. The molecule has 2 N–H and O–H groups in total. The number of anilines is 1. The Balaban J connectivity index is 1.90. The van der Waals surface area contributed by atoms with E-state index in [-0.39, 0.29) is 22.8 Å². The molecule has 0 spiro atoms. The Morgan fingerprint density at radius 1 is 1.19 bits per heavy atom. The molecule has 31 heavy (non-hydrogen) atoms. The fourth-order valence-corrected chi connectivity index (χ4v) is 5.19. The molecule has 2 aromatic carbocycles. The number of rotatable bonds is 4. The molecular weight excluding hydrogens is 443 g/mol. The van der Waals surface area contributed by atoms with Gasteiger partial charge in [-0.3, -0.25) is 4.79 Å². The highest BCUT2D eigenvalue weighted by molar-refractivity contribution is 7.91. The number of carbonyl (C=O) groups excluding carboxylic acids is 1. The summed E-state index contributed by atoms with van der Waals surface area (Å²) in [6, 6.07) is 7.80. The summed E-state index contributed by atoms with van der Waals surface area (Å²) in [4.78, 5) is 14.1. The summed E-state index contributed by atoms with van der Waals surface area (Å²) in [6.45, 7) is 1.99. The standard InChI is InChI=1S/C21H20ClFN4O3S/c1-2-13-9-25-27(11-13)18-8-19-20(7-16(18)23)31(29,30)12-17(24)21(28)26(19)10-14-3-5-15(22)6-4-14/h3-9,11,17H,2,10,12,24H2,1H3/t17-/m0/s1.